The molecule has 1 fully saturated rings. The Bertz CT molecular complexity index is 2550. The van der Waals surface area contributed by atoms with Crippen molar-refractivity contribution < 1.29 is 176 Å². The minimum Gasteiger partial charge on any atom is -0.507 e. The zero-order chi connectivity index (χ0) is 65.3. The molecule has 2 N–H and O–H groups in total. The van der Waals surface area contributed by atoms with Gasteiger partial charge in [-0.1, -0.05) is 54.4 Å². The van der Waals surface area contributed by atoms with Gasteiger partial charge in [-0.05, 0) is 47.9 Å². The molecular formula is C44H36CoF34N2O2. The molecule has 1 saturated carbocycles. The van der Waals surface area contributed by atoms with Crippen molar-refractivity contribution in [3.63, 3.8) is 0 Å². The number of hydrogen-bond acceptors (Lipinski definition) is 4. The van der Waals surface area contributed by atoms with Crippen LogP contribution in [0.25, 0.3) is 0 Å². The Morgan fingerprint density at radius 3 is 0.747 bits per heavy atom. The average Bonchev–Trinajstić information content (AvgIpc) is 3.28. The van der Waals surface area contributed by atoms with E-state index in [1.807, 2.05) is 0 Å². The zero-order valence-electron chi connectivity index (χ0n) is 41.4. The molecule has 1 aliphatic carbocycles. The number of benzene rings is 2. The molecule has 3 rings (SSSR count). The fourth-order valence-electron chi connectivity index (χ4n) is 7.50. The summed E-state index contributed by atoms with van der Waals surface area (Å²) in [4.78, 5) is 7.57. The van der Waals surface area contributed by atoms with Crippen molar-refractivity contribution in [3.8, 4) is 11.5 Å². The van der Waals surface area contributed by atoms with Crippen LogP contribution in [0, 0.1) is 0 Å². The van der Waals surface area contributed by atoms with Crippen LogP contribution < -0.4 is 0 Å². The standard InChI is InChI=1S/C44H36F34N2O2.Co/c1-27(2,3)21-13-19(29(45,46)31(49,50)33(53,54)35(57,58)37(61,62)39(65,66)41(69,70)43(73,74)75)11-17(25(21)81)15-79-23-9-7-8-10-24(23)80-16-18-12-20(14-22(26(18)82)28(4,5)6)30(47,48)32(51,52)34(55,56)36(59,60)38(63,64)40(67,68)42(71,72)44(76,77)78;/h11-16,23-24,81-82H,7-10H2,1-6H3;/t23-,24-;/m1./s1. The van der Waals surface area contributed by atoms with E-state index in [1.165, 1.54) is 0 Å². The van der Waals surface area contributed by atoms with Gasteiger partial charge in [-0.2, -0.15) is 149 Å². The second-order valence-electron chi connectivity index (χ2n) is 20.4. The molecule has 0 spiro atoms. The van der Waals surface area contributed by atoms with Crippen LogP contribution in [0.4, 0.5) is 149 Å². The number of hydrogen-bond donors (Lipinski definition) is 2. The van der Waals surface area contributed by atoms with Crippen molar-refractivity contribution in [1.29, 1.82) is 0 Å². The van der Waals surface area contributed by atoms with Crippen LogP contribution in [-0.4, -0.2) is 118 Å². The van der Waals surface area contributed by atoms with E-state index in [2.05, 4.69) is 9.98 Å². The van der Waals surface area contributed by atoms with Gasteiger partial charge in [0, 0.05) is 62.6 Å². The number of rotatable bonds is 18. The summed E-state index contributed by atoms with van der Waals surface area (Å²) >= 11 is 0. The number of phenols is 2. The Morgan fingerprint density at radius 1 is 0.337 bits per heavy atom. The molecule has 2 atom stereocenters. The fourth-order valence-corrected chi connectivity index (χ4v) is 7.50. The molecule has 481 valence electrons. The number of phenolic OH excluding ortho intramolecular Hbond substituents is 2. The molecular weight excluding hydrogens is 1290 g/mol. The molecule has 0 aromatic heterocycles. The van der Waals surface area contributed by atoms with Crippen LogP contribution in [0.5, 0.6) is 11.5 Å². The number of aromatic hydroxyl groups is 2. The first kappa shape index (κ1) is 74.6. The van der Waals surface area contributed by atoms with Gasteiger partial charge in [0.15, 0.2) is 0 Å². The topological polar surface area (TPSA) is 65.2 Å². The van der Waals surface area contributed by atoms with E-state index >= 15 is 35.1 Å². The van der Waals surface area contributed by atoms with Crippen LogP contribution in [0.1, 0.15) is 101 Å². The fraction of sp³-hybridized carbons (Fsp3) is 0.682. The van der Waals surface area contributed by atoms with Crippen LogP contribution in [-0.2, 0) is 39.5 Å². The van der Waals surface area contributed by atoms with Crippen LogP contribution in [0.15, 0.2) is 34.3 Å². The molecule has 1 aliphatic rings. The Hall–Kier alpha value is -4.49. The SMILES string of the molecule is CC(C)(C)c1cc(C(F)(F)C(F)(F)C(F)(F)C(F)(F)C(F)(F)C(F)(F)C(F)(F)C(F)(F)F)cc(C=N[C@@H]2CCCC[C@H]2N=Cc2cc(C(F)(F)C(F)(F)C(F)(F)C(F)(F)C(F)(F)C(F)(F)C(F)(F)C(F)(F)F)cc(C(C)(C)C)c2O)c1O.[Co]. The summed E-state index contributed by atoms with van der Waals surface area (Å²) in [5, 5.41) is 21.9. The van der Waals surface area contributed by atoms with Crippen molar-refractivity contribution in [2.45, 2.75) is 185 Å². The van der Waals surface area contributed by atoms with Crippen LogP contribution >= 0.6 is 0 Å². The summed E-state index contributed by atoms with van der Waals surface area (Å²) in [6.07, 6.45) is -16.6. The normalized spacial score (nSPS) is 18.6. The van der Waals surface area contributed by atoms with Crippen LogP contribution in [0.2, 0.25) is 0 Å². The number of nitrogens with zero attached hydrogens (tertiary/aromatic N) is 2. The van der Waals surface area contributed by atoms with E-state index in [-0.39, 0.29) is 42.0 Å². The van der Waals surface area contributed by atoms with Gasteiger partial charge in [-0.15, -0.1) is 0 Å². The zero-order valence-corrected chi connectivity index (χ0v) is 42.5. The van der Waals surface area contributed by atoms with Crippen molar-refractivity contribution in [3.05, 3.63) is 57.6 Å². The first-order chi connectivity index (χ1) is 35.7. The van der Waals surface area contributed by atoms with E-state index in [1.54, 1.807) is 0 Å². The summed E-state index contributed by atoms with van der Waals surface area (Å²) in [7, 11) is 0. The number of halogens is 34. The molecule has 0 unspecified atom stereocenters. The first-order valence-electron chi connectivity index (χ1n) is 21.9. The molecule has 83 heavy (non-hydrogen) atoms. The smallest absolute Gasteiger partial charge is 0.460 e. The summed E-state index contributed by atoms with van der Waals surface area (Å²) < 4.78 is 482. The second kappa shape index (κ2) is 21.4. The van der Waals surface area contributed by atoms with E-state index < -0.39 is 200 Å². The third kappa shape index (κ3) is 11.2. The van der Waals surface area contributed by atoms with Gasteiger partial charge in [-0.3, -0.25) is 9.98 Å². The third-order valence-corrected chi connectivity index (χ3v) is 12.6. The largest absolute Gasteiger partial charge is 0.507 e. The second-order valence-corrected chi connectivity index (χ2v) is 20.4. The predicted molar refractivity (Wildman–Crippen MR) is 214 cm³/mol. The first-order valence-corrected chi connectivity index (χ1v) is 21.9. The number of alkyl halides is 34. The van der Waals surface area contributed by atoms with E-state index in [9.17, 15) is 124 Å². The predicted octanol–water partition coefficient (Wildman–Crippen LogP) is 17.5. The maximum absolute atomic E-state index is 15.7. The summed E-state index contributed by atoms with van der Waals surface area (Å²) in [6.45, 7) is 5.34. The molecule has 1 radical (unpaired) electrons. The molecule has 0 saturated heterocycles. The van der Waals surface area contributed by atoms with Crippen molar-refractivity contribution in [2.75, 3.05) is 0 Å². The van der Waals surface area contributed by atoms with E-state index in [0.717, 1.165) is 41.5 Å². The van der Waals surface area contributed by atoms with Crippen LogP contribution in [0.3, 0.4) is 0 Å². The Labute approximate surface area is 452 Å². The molecule has 2 aromatic rings. The Kier molecular flexibility index (Phi) is 19.3. The van der Waals surface area contributed by atoms with E-state index in [0.29, 0.717) is 0 Å². The minimum atomic E-state index is -8.98. The maximum Gasteiger partial charge on any atom is 0.460 e. The summed E-state index contributed by atoms with van der Waals surface area (Å²) in [5.41, 5.74) is -14.5. The number of aliphatic imine (C=N–C) groups is 2. The molecule has 0 bridgehead atoms. The van der Waals surface area contributed by atoms with Gasteiger partial charge >= 0.3 is 95.3 Å². The van der Waals surface area contributed by atoms with Gasteiger partial charge in [0.05, 0.1) is 12.1 Å². The molecule has 0 amide bonds. The molecule has 39 heteroatoms. The van der Waals surface area contributed by atoms with Gasteiger partial charge in [-0.25, -0.2) is 0 Å². The Morgan fingerprint density at radius 2 is 0.542 bits per heavy atom. The molecule has 0 aliphatic heterocycles. The average molecular weight is 1330 g/mol. The van der Waals surface area contributed by atoms with Crippen molar-refractivity contribution in [2.24, 2.45) is 9.98 Å². The third-order valence-electron chi connectivity index (χ3n) is 12.6. The molecule has 4 nitrogen and oxygen atoms in total. The van der Waals surface area contributed by atoms with Crippen molar-refractivity contribution in [1.82, 2.24) is 0 Å². The maximum atomic E-state index is 15.7. The Balaban J connectivity index is 0.0000235. The molecule has 2 aromatic carbocycles. The van der Waals surface area contributed by atoms with Gasteiger partial charge in [0.1, 0.15) is 11.5 Å². The van der Waals surface area contributed by atoms with E-state index in [4.69, 9.17) is 0 Å². The van der Waals surface area contributed by atoms with Gasteiger partial charge in [0.2, 0.25) is 0 Å². The summed E-state index contributed by atoms with van der Waals surface area (Å²) in [6, 6.07) is -5.20. The minimum absolute atomic E-state index is 0. The monoisotopic (exact) mass is 1330 g/mol. The van der Waals surface area contributed by atoms with Crippen molar-refractivity contribution >= 4 is 12.4 Å². The quantitative estimate of drug-likeness (QED) is 0.115. The summed E-state index contributed by atoms with van der Waals surface area (Å²) in [5.74, 6) is -122. The molecule has 0 heterocycles. The van der Waals surface area contributed by atoms with Gasteiger partial charge < -0.3 is 10.2 Å². The van der Waals surface area contributed by atoms with Gasteiger partial charge in [0.25, 0.3) is 0 Å².